The van der Waals surface area contributed by atoms with E-state index in [1.165, 1.54) is 18.2 Å². The molecule has 1 aromatic carbocycles. The average Bonchev–Trinajstić information content (AvgIpc) is 2.73. The highest BCUT2D eigenvalue weighted by Gasteiger charge is 2.30. The molecule has 3 unspecified atom stereocenters. The van der Waals surface area contributed by atoms with E-state index >= 15 is 0 Å². The molecule has 0 radical (unpaired) electrons. The summed E-state index contributed by atoms with van der Waals surface area (Å²) in [5.74, 6) is -0.712. The zero-order valence-corrected chi connectivity index (χ0v) is 12.1. The molecular formula is C15H20N2O4. The fraction of sp³-hybridized carbons (Fsp3) is 0.467. The van der Waals surface area contributed by atoms with Crippen molar-refractivity contribution in [1.82, 2.24) is 5.32 Å². The lowest BCUT2D eigenvalue weighted by atomic mass is 9.98. The molecular weight excluding hydrogens is 272 g/mol. The molecule has 4 N–H and O–H groups in total. The first-order valence-electron chi connectivity index (χ1n) is 7.03. The molecule has 6 nitrogen and oxygen atoms in total. The van der Waals surface area contributed by atoms with Crippen LogP contribution in [0.4, 0.5) is 10.5 Å². The molecule has 0 aromatic heterocycles. The molecule has 21 heavy (non-hydrogen) atoms. The van der Waals surface area contributed by atoms with Gasteiger partial charge in [0.1, 0.15) is 5.56 Å². The number of hydrogen-bond acceptors (Lipinski definition) is 3. The van der Waals surface area contributed by atoms with E-state index in [0.717, 1.165) is 12.8 Å². The van der Waals surface area contributed by atoms with E-state index in [1.54, 1.807) is 0 Å². The first kappa shape index (κ1) is 15.2. The third kappa shape index (κ3) is 3.26. The second kappa shape index (κ2) is 6.03. The Hall–Kier alpha value is -2.24. The molecule has 1 saturated carbocycles. The zero-order chi connectivity index (χ0) is 15.6. The van der Waals surface area contributed by atoms with E-state index in [-0.39, 0.29) is 17.3 Å². The molecule has 1 aliphatic carbocycles. The number of benzene rings is 1. The summed E-state index contributed by atoms with van der Waals surface area (Å²) in [5.41, 5.74) is -0.151. The number of carbonyl (C=O) groups is 2. The maximum absolute atomic E-state index is 12.0. The van der Waals surface area contributed by atoms with Crippen LogP contribution in [0.5, 0.6) is 5.75 Å². The predicted molar refractivity (Wildman–Crippen MR) is 78.6 cm³/mol. The normalized spacial score (nSPS) is 24.6. The van der Waals surface area contributed by atoms with Crippen molar-refractivity contribution in [3.8, 4) is 5.75 Å². The second-order valence-corrected chi connectivity index (χ2v) is 5.63. The van der Waals surface area contributed by atoms with Crippen LogP contribution < -0.4 is 10.6 Å². The largest absolute Gasteiger partial charge is 0.505 e. The van der Waals surface area contributed by atoms with Crippen LogP contribution in [0, 0.1) is 11.8 Å². The SMILES string of the molecule is CC1CCC(NC(=O)Nc2cccc(C(=O)O)c2O)C1C. The van der Waals surface area contributed by atoms with Crippen molar-refractivity contribution in [3.63, 3.8) is 0 Å². The zero-order valence-electron chi connectivity index (χ0n) is 12.1. The number of amides is 2. The number of nitrogens with one attached hydrogen (secondary N) is 2. The maximum atomic E-state index is 12.0. The molecule has 0 spiro atoms. The van der Waals surface area contributed by atoms with Crippen LogP contribution in [0.2, 0.25) is 0 Å². The lowest BCUT2D eigenvalue weighted by molar-refractivity contribution is 0.0693. The van der Waals surface area contributed by atoms with Gasteiger partial charge in [-0.1, -0.05) is 19.9 Å². The topological polar surface area (TPSA) is 98.7 Å². The lowest BCUT2D eigenvalue weighted by Gasteiger charge is -2.20. The van der Waals surface area contributed by atoms with Crippen LogP contribution >= 0.6 is 0 Å². The number of urea groups is 1. The van der Waals surface area contributed by atoms with Gasteiger partial charge in [-0.3, -0.25) is 0 Å². The van der Waals surface area contributed by atoms with Gasteiger partial charge >= 0.3 is 12.0 Å². The van der Waals surface area contributed by atoms with E-state index in [4.69, 9.17) is 5.11 Å². The molecule has 3 atom stereocenters. The Morgan fingerprint density at radius 2 is 1.95 bits per heavy atom. The first-order chi connectivity index (χ1) is 9.90. The van der Waals surface area contributed by atoms with Gasteiger partial charge in [-0.05, 0) is 36.8 Å². The molecule has 114 valence electrons. The molecule has 1 fully saturated rings. The van der Waals surface area contributed by atoms with E-state index < -0.39 is 17.7 Å². The highest BCUT2D eigenvalue weighted by molar-refractivity contribution is 5.97. The summed E-state index contributed by atoms with van der Waals surface area (Å²) < 4.78 is 0. The number of para-hydroxylation sites is 1. The molecule has 2 rings (SSSR count). The fourth-order valence-corrected chi connectivity index (χ4v) is 2.71. The van der Waals surface area contributed by atoms with Gasteiger partial charge in [-0.25, -0.2) is 9.59 Å². The van der Waals surface area contributed by atoms with Crippen molar-refractivity contribution in [3.05, 3.63) is 23.8 Å². The molecule has 0 heterocycles. The molecule has 2 amide bonds. The van der Waals surface area contributed by atoms with Crippen LogP contribution in [0.3, 0.4) is 0 Å². The summed E-state index contributed by atoms with van der Waals surface area (Å²) in [4.78, 5) is 22.9. The van der Waals surface area contributed by atoms with Crippen LogP contribution in [-0.2, 0) is 0 Å². The summed E-state index contributed by atoms with van der Waals surface area (Å²) in [5, 5.41) is 24.1. The number of carboxylic acid groups (broad SMARTS) is 1. The van der Waals surface area contributed by atoms with Crippen molar-refractivity contribution in [2.75, 3.05) is 5.32 Å². The van der Waals surface area contributed by atoms with Crippen LogP contribution in [0.15, 0.2) is 18.2 Å². The van der Waals surface area contributed by atoms with Gasteiger partial charge in [0.2, 0.25) is 0 Å². The van der Waals surface area contributed by atoms with Gasteiger partial charge in [0.05, 0.1) is 5.69 Å². The summed E-state index contributed by atoms with van der Waals surface area (Å²) in [6.07, 6.45) is 2.00. The van der Waals surface area contributed by atoms with Crippen LogP contribution in [-0.4, -0.2) is 28.3 Å². The summed E-state index contributed by atoms with van der Waals surface area (Å²) in [6, 6.07) is 3.88. The predicted octanol–water partition coefficient (Wildman–Crippen LogP) is 2.65. The van der Waals surface area contributed by atoms with E-state index in [9.17, 15) is 14.7 Å². The van der Waals surface area contributed by atoms with Gasteiger partial charge in [-0.2, -0.15) is 0 Å². The molecule has 1 aromatic rings. The minimum Gasteiger partial charge on any atom is -0.505 e. The van der Waals surface area contributed by atoms with Crippen molar-refractivity contribution in [2.45, 2.75) is 32.7 Å². The highest BCUT2D eigenvalue weighted by atomic mass is 16.4. The van der Waals surface area contributed by atoms with Crippen molar-refractivity contribution in [1.29, 1.82) is 0 Å². The number of aromatic carboxylic acids is 1. The average molecular weight is 292 g/mol. The Bertz CT molecular complexity index is 559. The quantitative estimate of drug-likeness (QED) is 0.644. The van der Waals surface area contributed by atoms with Gasteiger partial charge in [-0.15, -0.1) is 0 Å². The number of carboxylic acids is 1. The van der Waals surface area contributed by atoms with E-state index in [0.29, 0.717) is 11.8 Å². The first-order valence-corrected chi connectivity index (χ1v) is 7.03. The molecule has 0 bridgehead atoms. The number of phenols is 1. The molecule has 6 heteroatoms. The van der Waals surface area contributed by atoms with E-state index in [1.807, 2.05) is 0 Å². The highest BCUT2D eigenvalue weighted by Crippen LogP contribution is 2.31. The number of hydrogen-bond donors (Lipinski definition) is 4. The number of anilines is 1. The monoisotopic (exact) mass is 292 g/mol. The molecule has 1 aliphatic rings. The second-order valence-electron chi connectivity index (χ2n) is 5.63. The number of carbonyl (C=O) groups excluding carboxylic acids is 1. The molecule has 0 saturated heterocycles. The fourth-order valence-electron chi connectivity index (χ4n) is 2.71. The number of rotatable bonds is 3. The third-order valence-corrected chi connectivity index (χ3v) is 4.30. The van der Waals surface area contributed by atoms with Gasteiger partial charge in [0.25, 0.3) is 0 Å². The van der Waals surface area contributed by atoms with Crippen LogP contribution in [0.1, 0.15) is 37.0 Å². The minimum absolute atomic E-state index is 0.0890. The number of aromatic hydroxyl groups is 1. The Kier molecular flexibility index (Phi) is 4.35. The summed E-state index contributed by atoms with van der Waals surface area (Å²) in [6.45, 7) is 4.26. The Labute approximate surface area is 123 Å². The smallest absolute Gasteiger partial charge is 0.339 e. The van der Waals surface area contributed by atoms with Crippen LogP contribution in [0.25, 0.3) is 0 Å². The summed E-state index contributed by atoms with van der Waals surface area (Å²) in [7, 11) is 0. The Morgan fingerprint density at radius 1 is 1.24 bits per heavy atom. The molecule has 0 aliphatic heterocycles. The minimum atomic E-state index is -1.24. The van der Waals surface area contributed by atoms with Gasteiger partial charge in [0.15, 0.2) is 5.75 Å². The lowest BCUT2D eigenvalue weighted by Crippen LogP contribution is -2.40. The summed E-state index contributed by atoms with van der Waals surface area (Å²) >= 11 is 0. The third-order valence-electron chi connectivity index (χ3n) is 4.30. The Balaban J connectivity index is 2.03. The van der Waals surface area contributed by atoms with Crippen molar-refractivity contribution < 1.29 is 19.8 Å². The van der Waals surface area contributed by atoms with E-state index in [2.05, 4.69) is 24.5 Å². The standard InChI is InChI=1S/C15H20N2O4/c1-8-6-7-11(9(8)2)16-15(21)17-12-5-3-4-10(13(12)18)14(19)20/h3-5,8-9,11,18H,6-7H2,1-2H3,(H,19,20)(H2,16,17,21). The van der Waals surface area contributed by atoms with Crippen molar-refractivity contribution in [2.24, 2.45) is 11.8 Å². The maximum Gasteiger partial charge on any atom is 0.339 e. The Morgan fingerprint density at radius 3 is 2.52 bits per heavy atom. The van der Waals surface area contributed by atoms with Gasteiger partial charge in [0, 0.05) is 6.04 Å². The van der Waals surface area contributed by atoms with Gasteiger partial charge < -0.3 is 20.8 Å². The van der Waals surface area contributed by atoms with Crippen molar-refractivity contribution >= 4 is 17.7 Å².